The van der Waals surface area contributed by atoms with Crippen molar-refractivity contribution in [2.75, 3.05) is 6.54 Å². The number of rotatable bonds is 5. The molecule has 3 atom stereocenters. The van der Waals surface area contributed by atoms with Crippen LogP contribution in [-0.4, -0.2) is 11.5 Å². The molecule has 1 heterocycles. The Morgan fingerprint density at radius 2 is 2.09 bits per heavy atom. The first-order valence-electron chi connectivity index (χ1n) is 8.81. The summed E-state index contributed by atoms with van der Waals surface area (Å²) in [4.78, 5) is 3.24. The monoisotopic (exact) mass is 300 g/mol. The Hall–Kier alpha value is -1.28. The van der Waals surface area contributed by atoms with Crippen LogP contribution in [0, 0.1) is 24.7 Å². The lowest BCUT2D eigenvalue weighted by Crippen LogP contribution is -2.01. The number of H-pyrrole nitrogens is 1. The van der Waals surface area contributed by atoms with Crippen LogP contribution in [-0.2, 0) is 6.42 Å². The predicted molar refractivity (Wildman–Crippen MR) is 97.1 cm³/mol. The van der Waals surface area contributed by atoms with E-state index in [0.717, 1.165) is 24.2 Å². The molecule has 1 saturated carbocycles. The Morgan fingerprint density at radius 3 is 2.68 bits per heavy atom. The van der Waals surface area contributed by atoms with Crippen molar-refractivity contribution in [3.8, 4) is 0 Å². The minimum Gasteiger partial charge on any atom is -0.361 e. The normalized spacial score (nSPS) is 21.3. The van der Waals surface area contributed by atoms with E-state index in [0.29, 0.717) is 6.54 Å². The Kier molecular flexibility index (Phi) is 6.07. The largest absolute Gasteiger partial charge is 0.361 e. The highest BCUT2D eigenvalue weighted by Gasteiger charge is 2.32. The number of fused-ring (bicyclic) bond motifs is 1. The molecule has 0 saturated heterocycles. The van der Waals surface area contributed by atoms with Gasteiger partial charge in [-0.2, -0.15) is 0 Å². The van der Waals surface area contributed by atoms with Crippen LogP contribution in [0.3, 0.4) is 0 Å². The number of benzene rings is 1. The third-order valence-corrected chi connectivity index (χ3v) is 5.01. The van der Waals surface area contributed by atoms with Crippen molar-refractivity contribution in [2.45, 2.75) is 53.4 Å². The van der Waals surface area contributed by atoms with Crippen LogP contribution in [0.25, 0.3) is 10.9 Å². The summed E-state index contributed by atoms with van der Waals surface area (Å²) in [5, 5.41) is 1.31. The fourth-order valence-electron chi connectivity index (χ4n) is 3.07. The first-order valence-corrected chi connectivity index (χ1v) is 8.81. The van der Waals surface area contributed by atoms with Crippen molar-refractivity contribution in [3.63, 3.8) is 0 Å². The quantitative estimate of drug-likeness (QED) is 0.796. The standard InChI is InChI=1S/C11H14N2.C9H18/c1-8-2-3-11-10(6-8)9(4-5-12)7-13-11;1-4-7(2)5-9-6-8(9)3/h2-3,6-7,13H,4-5,12H2,1H3;7-9H,4-6H2,1-3H3. The molecule has 0 radical (unpaired) electrons. The molecular weight excluding hydrogens is 268 g/mol. The van der Waals surface area contributed by atoms with Gasteiger partial charge in [0.2, 0.25) is 0 Å². The summed E-state index contributed by atoms with van der Waals surface area (Å²) in [5.41, 5.74) is 9.35. The van der Waals surface area contributed by atoms with Gasteiger partial charge in [-0.15, -0.1) is 0 Å². The minimum absolute atomic E-state index is 0.709. The first-order chi connectivity index (χ1) is 10.5. The van der Waals surface area contributed by atoms with Crippen LogP contribution in [0.1, 0.15) is 51.2 Å². The van der Waals surface area contributed by atoms with Crippen LogP contribution in [0.2, 0.25) is 0 Å². The Balaban J connectivity index is 0.000000172. The molecule has 0 spiro atoms. The molecule has 0 aliphatic heterocycles. The molecule has 1 aromatic carbocycles. The zero-order chi connectivity index (χ0) is 16.1. The van der Waals surface area contributed by atoms with Crippen LogP contribution < -0.4 is 5.73 Å². The highest BCUT2D eigenvalue weighted by molar-refractivity contribution is 5.83. The van der Waals surface area contributed by atoms with E-state index in [1.807, 2.05) is 0 Å². The van der Waals surface area contributed by atoms with Crippen molar-refractivity contribution in [2.24, 2.45) is 23.5 Å². The van der Waals surface area contributed by atoms with Gasteiger partial charge >= 0.3 is 0 Å². The summed E-state index contributed by atoms with van der Waals surface area (Å²) in [7, 11) is 0. The summed E-state index contributed by atoms with van der Waals surface area (Å²) >= 11 is 0. The van der Waals surface area contributed by atoms with E-state index in [2.05, 4.69) is 57.1 Å². The summed E-state index contributed by atoms with van der Waals surface area (Å²) in [6, 6.07) is 6.44. The van der Waals surface area contributed by atoms with Crippen molar-refractivity contribution >= 4 is 10.9 Å². The average molecular weight is 300 g/mol. The summed E-state index contributed by atoms with van der Waals surface area (Å²) in [5.74, 6) is 3.12. The average Bonchev–Trinajstić information content (AvgIpc) is 3.04. The molecule has 2 aromatic rings. The minimum atomic E-state index is 0.709. The SMILES string of the molecule is CCC(C)CC1CC1C.Cc1ccc2[nH]cc(CCN)c2c1. The number of nitrogens with one attached hydrogen (secondary N) is 1. The van der Waals surface area contributed by atoms with Crippen molar-refractivity contribution in [1.82, 2.24) is 4.98 Å². The maximum absolute atomic E-state index is 5.53. The molecule has 1 fully saturated rings. The van der Waals surface area contributed by atoms with E-state index in [-0.39, 0.29) is 0 Å². The molecule has 1 aliphatic rings. The van der Waals surface area contributed by atoms with Gasteiger partial charge in [0.15, 0.2) is 0 Å². The Bertz CT molecular complexity index is 582. The molecule has 0 bridgehead atoms. The van der Waals surface area contributed by atoms with E-state index >= 15 is 0 Å². The molecule has 22 heavy (non-hydrogen) atoms. The zero-order valence-electron chi connectivity index (χ0n) is 14.7. The van der Waals surface area contributed by atoms with Crippen LogP contribution in [0.5, 0.6) is 0 Å². The van der Waals surface area contributed by atoms with Crippen molar-refractivity contribution in [1.29, 1.82) is 0 Å². The Morgan fingerprint density at radius 1 is 1.36 bits per heavy atom. The van der Waals surface area contributed by atoms with E-state index in [1.165, 1.54) is 41.3 Å². The number of aromatic nitrogens is 1. The van der Waals surface area contributed by atoms with Gasteiger partial charge in [-0.05, 0) is 68.2 Å². The lowest BCUT2D eigenvalue weighted by molar-refractivity contribution is 0.469. The molecule has 1 aromatic heterocycles. The molecule has 122 valence electrons. The fraction of sp³-hybridized carbons (Fsp3) is 0.600. The Labute approximate surface area is 135 Å². The van der Waals surface area contributed by atoms with Gasteiger partial charge in [0, 0.05) is 17.1 Å². The van der Waals surface area contributed by atoms with E-state index in [1.54, 1.807) is 0 Å². The molecule has 2 nitrogen and oxygen atoms in total. The smallest absolute Gasteiger partial charge is 0.0456 e. The van der Waals surface area contributed by atoms with Crippen LogP contribution >= 0.6 is 0 Å². The number of aryl methyl sites for hydroxylation is 1. The maximum atomic E-state index is 5.53. The molecular formula is C20H32N2. The van der Waals surface area contributed by atoms with Gasteiger partial charge in [-0.25, -0.2) is 0 Å². The summed E-state index contributed by atoms with van der Waals surface area (Å²) < 4.78 is 0. The second-order valence-corrected chi connectivity index (χ2v) is 7.12. The van der Waals surface area contributed by atoms with Crippen molar-refractivity contribution in [3.05, 3.63) is 35.5 Å². The highest BCUT2D eigenvalue weighted by atomic mass is 14.7. The number of nitrogens with two attached hydrogens (primary N) is 1. The number of hydrogen-bond acceptors (Lipinski definition) is 1. The molecule has 1 aliphatic carbocycles. The predicted octanol–water partition coefficient (Wildman–Crippen LogP) is 5.06. The second kappa shape index (κ2) is 7.82. The van der Waals surface area contributed by atoms with Gasteiger partial charge in [0.05, 0.1) is 0 Å². The van der Waals surface area contributed by atoms with Gasteiger partial charge in [0.25, 0.3) is 0 Å². The number of aromatic amines is 1. The second-order valence-electron chi connectivity index (χ2n) is 7.12. The molecule has 2 heteroatoms. The third-order valence-electron chi connectivity index (χ3n) is 5.01. The molecule has 3 rings (SSSR count). The topological polar surface area (TPSA) is 41.8 Å². The third kappa shape index (κ3) is 4.61. The van der Waals surface area contributed by atoms with Crippen molar-refractivity contribution < 1.29 is 0 Å². The van der Waals surface area contributed by atoms with Gasteiger partial charge in [-0.1, -0.05) is 38.8 Å². The van der Waals surface area contributed by atoms with Gasteiger partial charge in [-0.3, -0.25) is 0 Å². The summed E-state index contributed by atoms with van der Waals surface area (Å²) in [6.45, 7) is 9.84. The van der Waals surface area contributed by atoms with Crippen LogP contribution in [0.4, 0.5) is 0 Å². The lowest BCUT2D eigenvalue weighted by atomic mass is 10.0. The van der Waals surface area contributed by atoms with E-state index in [4.69, 9.17) is 5.73 Å². The summed E-state index contributed by atoms with van der Waals surface area (Å²) in [6.07, 6.45) is 7.35. The fourth-order valence-corrected chi connectivity index (χ4v) is 3.07. The molecule has 3 N–H and O–H groups in total. The van der Waals surface area contributed by atoms with Gasteiger partial charge < -0.3 is 10.7 Å². The first kappa shape index (κ1) is 17.1. The lowest BCUT2D eigenvalue weighted by Gasteiger charge is -2.05. The van der Waals surface area contributed by atoms with Crippen LogP contribution in [0.15, 0.2) is 24.4 Å². The van der Waals surface area contributed by atoms with Gasteiger partial charge in [0.1, 0.15) is 0 Å². The number of hydrogen-bond donors (Lipinski definition) is 2. The van der Waals surface area contributed by atoms with E-state index < -0.39 is 0 Å². The van der Waals surface area contributed by atoms with E-state index in [9.17, 15) is 0 Å². The molecule has 3 unspecified atom stereocenters. The maximum Gasteiger partial charge on any atom is 0.0456 e. The zero-order valence-corrected chi connectivity index (χ0v) is 14.7. The highest BCUT2D eigenvalue weighted by Crippen LogP contribution is 2.42. The molecule has 0 amide bonds.